The normalized spacial score (nSPS) is 22.1. The third-order valence-electron chi connectivity index (χ3n) is 5.35. The summed E-state index contributed by atoms with van der Waals surface area (Å²) in [6, 6.07) is 13.6. The van der Waals surface area contributed by atoms with Gasteiger partial charge in [0.25, 0.3) is 0 Å². The summed E-state index contributed by atoms with van der Waals surface area (Å²) in [5, 5.41) is 11.4. The van der Waals surface area contributed by atoms with Crippen LogP contribution in [0, 0.1) is 11.3 Å². The van der Waals surface area contributed by atoms with Gasteiger partial charge in [-0.2, -0.15) is 5.26 Å². The number of hydrogen-bond donors (Lipinski definition) is 0. The Bertz CT molecular complexity index is 1050. The predicted octanol–water partition coefficient (Wildman–Crippen LogP) is 2.55. The maximum absolute atomic E-state index is 9.33. The minimum Gasteiger partial charge on any atom is -0.485 e. The zero-order valence-electron chi connectivity index (χ0n) is 15.8. The second-order valence-corrected chi connectivity index (χ2v) is 7.23. The predicted molar refractivity (Wildman–Crippen MR) is 107 cm³/mol. The van der Waals surface area contributed by atoms with Crippen LogP contribution < -0.4 is 9.64 Å². The number of pyridine rings is 2. The van der Waals surface area contributed by atoms with Crippen molar-refractivity contribution in [3.8, 4) is 11.8 Å². The van der Waals surface area contributed by atoms with E-state index >= 15 is 0 Å². The van der Waals surface area contributed by atoms with Gasteiger partial charge in [-0.05, 0) is 24.3 Å². The quantitative estimate of drug-likeness (QED) is 0.682. The Labute approximate surface area is 168 Å². The van der Waals surface area contributed by atoms with Gasteiger partial charge in [0, 0.05) is 42.5 Å². The number of anilines is 1. The van der Waals surface area contributed by atoms with Crippen molar-refractivity contribution in [3.05, 3.63) is 60.6 Å². The van der Waals surface area contributed by atoms with E-state index < -0.39 is 0 Å². The van der Waals surface area contributed by atoms with E-state index in [4.69, 9.17) is 14.2 Å². The first-order valence-electron chi connectivity index (χ1n) is 9.64. The highest BCUT2D eigenvalue weighted by Crippen LogP contribution is 2.29. The summed E-state index contributed by atoms with van der Waals surface area (Å²) in [7, 11) is 0. The Morgan fingerprint density at radius 1 is 1.03 bits per heavy atom. The van der Waals surface area contributed by atoms with E-state index in [9.17, 15) is 5.26 Å². The maximum atomic E-state index is 9.33. The molecule has 2 atom stereocenters. The van der Waals surface area contributed by atoms with E-state index in [1.807, 2.05) is 30.5 Å². The Morgan fingerprint density at radius 3 is 2.66 bits per heavy atom. The Hall–Kier alpha value is -3.21. The lowest BCUT2D eigenvalue weighted by atomic mass is 10.1. The zero-order valence-corrected chi connectivity index (χ0v) is 15.8. The summed E-state index contributed by atoms with van der Waals surface area (Å²) >= 11 is 0. The van der Waals surface area contributed by atoms with E-state index in [0.29, 0.717) is 37.7 Å². The van der Waals surface area contributed by atoms with Gasteiger partial charge in [-0.25, -0.2) is 4.98 Å². The first-order valence-corrected chi connectivity index (χ1v) is 9.64. The van der Waals surface area contributed by atoms with Crippen molar-refractivity contribution < 1.29 is 14.2 Å². The van der Waals surface area contributed by atoms with Gasteiger partial charge in [-0.3, -0.25) is 4.98 Å². The third-order valence-corrected chi connectivity index (χ3v) is 5.35. The van der Waals surface area contributed by atoms with E-state index in [2.05, 4.69) is 20.9 Å². The van der Waals surface area contributed by atoms with Crippen molar-refractivity contribution in [2.24, 2.45) is 0 Å². The summed E-state index contributed by atoms with van der Waals surface area (Å²) in [4.78, 5) is 10.6. The average Bonchev–Trinajstić information content (AvgIpc) is 3.09. The standard InChI is InChI=1S/C22H20N4O3/c23-9-15-4-2-7-25-22(15)26-11-20-21(12-26)28-14-17(13-27-20)29-19-5-1-3-16-10-24-8-6-18(16)19/h1-8,10,17,20-21H,11-14H2/t20-,21-/m0/s1. The van der Waals surface area contributed by atoms with Gasteiger partial charge < -0.3 is 19.1 Å². The molecule has 2 aliphatic rings. The molecule has 29 heavy (non-hydrogen) atoms. The van der Waals surface area contributed by atoms with Crippen LogP contribution in [0.1, 0.15) is 5.56 Å². The molecule has 0 bridgehead atoms. The third kappa shape index (κ3) is 3.48. The number of rotatable bonds is 3. The molecule has 146 valence electrons. The van der Waals surface area contributed by atoms with Gasteiger partial charge in [0.15, 0.2) is 0 Å². The van der Waals surface area contributed by atoms with Gasteiger partial charge in [0.1, 0.15) is 35.9 Å². The minimum absolute atomic E-state index is 0.0751. The summed E-state index contributed by atoms with van der Waals surface area (Å²) in [6.45, 7) is 2.18. The molecule has 1 aromatic carbocycles. The zero-order chi connectivity index (χ0) is 19.6. The molecule has 2 aromatic heterocycles. The van der Waals surface area contributed by atoms with Crippen molar-refractivity contribution in [1.29, 1.82) is 5.26 Å². The molecule has 0 amide bonds. The number of benzene rings is 1. The lowest BCUT2D eigenvalue weighted by Gasteiger charge is -2.21. The molecule has 2 saturated heterocycles. The molecule has 4 heterocycles. The molecule has 7 heteroatoms. The van der Waals surface area contributed by atoms with Crippen molar-refractivity contribution in [3.63, 3.8) is 0 Å². The van der Waals surface area contributed by atoms with Crippen LogP contribution in [0.15, 0.2) is 55.0 Å². The number of hydrogen-bond acceptors (Lipinski definition) is 7. The molecule has 0 unspecified atom stereocenters. The SMILES string of the molecule is N#Cc1cccnc1N1C[C@@H]2OCC(Oc3cccc4cnccc34)CO[C@H]2C1. The van der Waals surface area contributed by atoms with Gasteiger partial charge in [0.2, 0.25) is 0 Å². The summed E-state index contributed by atoms with van der Waals surface area (Å²) in [6.07, 6.45) is 4.96. The number of aromatic nitrogens is 2. The number of nitriles is 1. The largest absolute Gasteiger partial charge is 0.485 e. The van der Waals surface area contributed by atoms with Crippen LogP contribution in [0.2, 0.25) is 0 Å². The van der Waals surface area contributed by atoms with Crippen LogP contribution in [0.5, 0.6) is 5.75 Å². The lowest BCUT2D eigenvalue weighted by molar-refractivity contribution is -0.00461. The highest BCUT2D eigenvalue weighted by molar-refractivity contribution is 5.87. The smallest absolute Gasteiger partial charge is 0.146 e. The van der Waals surface area contributed by atoms with E-state index in [-0.39, 0.29) is 18.3 Å². The fraction of sp³-hybridized carbons (Fsp3) is 0.318. The topological polar surface area (TPSA) is 80.5 Å². The van der Waals surface area contributed by atoms with Crippen molar-refractivity contribution in [2.45, 2.75) is 18.3 Å². The first-order chi connectivity index (χ1) is 14.3. The lowest BCUT2D eigenvalue weighted by Crippen LogP contribution is -2.30. The Morgan fingerprint density at radius 2 is 1.86 bits per heavy atom. The molecule has 7 nitrogen and oxygen atoms in total. The van der Waals surface area contributed by atoms with Crippen molar-refractivity contribution in [2.75, 3.05) is 31.2 Å². The van der Waals surface area contributed by atoms with Crippen LogP contribution in [-0.4, -0.2) is 54.6 Å². The van der Waals surface area contributed by atoms with E-state index in [1.165, 1.54) is 0 Å². The highest BCUT2D eigenvalue weighted by Gasteiger charge is 2.39. The Kier molecular flexibility index (Phi) is 4.72. The van der Waals surface area contributed by atoms with Crippen LogP contribution >= 0.6 is 0 Å². The van der Waals surface area contributed by atoms with Gasteiger partial charge in [-0.15, -0.1) is 0 Å². The molecule has 0 aliphatic carbocycles. The molecule has 0 spiro atoms. The van der Waals surface area contributed by atoms with Crippen LogP contribution in [-0.2, 0) is 9.47 Å². The van der Waals surface area contributed by atoms with E-state index in [1.54, 1.807) is 24.5 Å². The Balaban J connectivity index is 1.27. The van der Waals surface area contributed by atoms with Crippen molar-refractivity contribution >= 4 is 16.6 Å². The molecular weight excluding hydrogens is 368 g/mol. The maximum Gasteiger partial charge on any atom is 0.146 e. The molecule has 0 N–H and O–H groups in total. The molecule has 2 aliphatic heterocycles. The van der Waals surface area contributed by atoms with Crippen LogP contribution in [0.25, 0.3) is 10.8 Å². The second-order valence-electron chi connectivity index (χ2n) is 7.23. The van der Waals surface area contributed by atoms with Gasteiger partial charge >= 0.3 is 0 Å². The van der Waals surface area contributed by atoms with Gasteiger partial charge in [-0.1, -0.05) is 12.1 Å². The monoisotopic (exact) mass is 388 g/mol. The minimum atomic E-state index is -0.183. The molecule has 5 rings (SSSR count). The van der Waals surface area contributed by atoms with E-state index in [0.717, 1.165) is 16.5 Å². The first kappa shape index (κ1) is 17.9. The molecule has 0 saturated carbocycles. The van der Waals surface area contributed by atoms with Crippen molar-refractivity contribution in [1.82, 2.24) is 9.97 Å². The number of ether oxygens (including phenoxy) is 3. The summed E-state index contributed by atoms with van der Waals surface area (Å²) < 4.78 is 18.5. The molecule has 0 radical (unpaired) electrons. The average molecular weight is 388 g/mol. The second kappa shape index (κ2) is 7.66. The highest BCUT2D eigenvalue weighted by atomic mass is 16.6. The van der Waals surface area contributed by atoms with Crippen LogP contribution in [0.3, 0.4) is 0 Å². The number of nitrogens with zero attached hydrogens (tertiary/aromatic N) is 4. The fourth-order valence-electron chi connectivity index (χ4n) is 3.93. The van der Waals surface area contributed by atoms with Gasteiger partial charge in [0.05, 0.1) is 18.8 Å². The van der Waals surface area contributed by atoms with Crippen LogP contribution in [0.4, 0.5) is 5.82 Å². The summed E-state index contributed by atoms with van der Waals surface area (Å²) in [5.74, 6) is 1.50. The number of fused-ring (bicyclic) bond motifs is 2. The fourth-order valence-corrected chi connectivity index (χ4v) is 3.93. The molecule has 2 fully saturated rings. The molecular formula is C22H20N4O3. The summed E-state index contributed by atoms with van der Waals surface area (Å²) in [5.41, 5.74) is 0.565. The molecule has 3 aromatic rings.